The number of rotatable bonds is 7. The third-order valence-electron chi connectivity index (χ3n) is 16.8. The summed E-state index contributed by atoms with van der Waals surface area (Å²) in [6.45, 7) is 31.2. The molecule has 0 spiro atoms. The van der Waals surface area contributed by atoms with Gasteiger partial charge in [-0.2, -0.15) is 0 Å². The van der Waals surface area contributed by atoms with Crippen LogP contribution in [0.25, 0.3) is 66.2 Å². The first kappa shape index (κ1) is 48.8. The second kappa shape index (κ2) is 16.9. The number of aromatic nitrogens is 3. The van der Waals surface area contributed by atoms with Crippen LogP contribution in [0.15, 0.2) is 188 Å². The zero-order valence-electron chi connectivity index (χ0n) is 46.8. The molecule has 0 aliphatic carbocycles. The van der Waals surface area contributed by atoms with Gasteiger partial charge in [0.05, 0.1) is 34.4 Å². The van der Waals surface area contributed by atoms with Gasteiger partial charge in [-0.05, 0) is 116 Å². The minimum atomic E-state index is -0.0666. The summed E-state index contributed by atoms with van der Waals surface area (Å²) < 4.78 is 13.1. The minimum Gasteiger partial charge on any atom is -0.457 e. The Kier molecular flexibility index (Phi) is 10.7. The van der Waals surface area contributed by atoms with Crippen molar-refractivity contribution >= 4 is 66.4 Å². The third kappa shape index (κ3) is 7.69. The van der Waals surface area contributed by atoms with E-state index in [1.54, 1.807) is 0 Å². The predicted octanol–water partition coefficient (Wildman–Crippen LogP) is 19.3. The molecule has 3 aliphatic rings. The van der Waals surface area contributed by atoms with Gasteiger partial charge in [-0.1, -0.05) is 168 Å². The van der Waals surface area contributed by atoms with E-state index in [0.717, 1.165) is 51.5 Å². The molecule has 1 saturated heterocycles. The van der Waals surface area contributed by atoms with E-state index in [0.29, 0.717) is 8.97 Å². The summed E-state index contributed by atoms with van der Waals surface area (Å²) in [5.41, 5.74) is 18.4. The molecule has 0 saturated carbocycles. The molecule has 8 aromatic carbocycles. The van der Waals surface area contributed by atoms with Crippen molar-refractivity contribution in [2.24, 2.45) is 0 Å². The number of hydrogen-bond donors (Lipinski definition) is 0. The van der Waals surface area contributed by atoms with E-state index in [1.807, 2.05) is 6.20 Å². The van der Waals surface area contributed by atoms with Crippen molar-refractivity contribution in [3.05, 3.63) is 217 Å². The van der Waals surface area contributed by atoms with Crippen LogP contribution in [0.1, 0.15) is 105 Å². The van der Waals surface area contributed by atoms with Gasteiger partial charge in [0, 0.05) is 63.6 Å². The normalized spacial score (nSPS) is 17.6. The van der Waals surface area contributed by atoms with Crippen LogP contribution in [-0.2, 0) is 21.7 Å². The fourth-order valence-corrected chi connectivity index (χ4v) is 12.5. The maximum atomic E-state index is 7.11. The number of ether oxygens (including phenoxy) is 1. The third-order valence-corrected chi connectivity index (χ3v) is 16.8. The highest BCUT2D eigenvalue weighted by atomic mass is 16.5. The SMILES string of the molecule is CC(C)(C)c1cccc(-c2cccc3c2[N@@+]2(c4cc(C(C)(C)C)cc(C(C)(C)C)c4)[CH-][N@+]3(c3cccc(Oc4ccc5c6c(-n7c8ccccc8c8ccccc87)cccc6n(-c6cc(C(C)(C)C)ccn6)c5c4)c3)C2)c1. The summed E-state index contributed by atoms with van der Waals surface area (Å²) >= 11 is 0. The Morgan fingerprint density at radius 2 is 1.04 bits per heavy atom. The lowest BCUT2D eigenvalue weighted by Gasteiger charge is -2.56. The highest BCUT2D eigenvalue weighted by Gasteiger charge is 2.64. The standard InChI is InChI=1S/C71H70N5O/c1-68(2,3)47-22-17-21-46(37-47)55-27-19-32-64-67(55)76(52-39-49(70(7,8)9)38-50(40-52)71(10,11)12)44-75(64,45-76)51-23-18-24-53(42-51)77-54-33-34-58-63(43-54)74(65-41-48(35-36-72-65)69(4,5)6)62-31-20-30-61(66(58)62)73-59-28-15-13-25-56(59)57-26-14-16-29-60(57)73/h13-44H,45H2,1-12H3/q+1/t75-,76+/m1/s1. The fourth-order valence-electron chi connectivity index (χ4n) is 12.5. The molecular weight excluding hydrogens is 939 g/mol. The minimum absolute atomic E-state index is 0.0147. The Hall–Kier alpha value is -7.77. The van der Waals surface area contributed by atoms with Crippen molar-refractivity contribution in [3.8, 4) is 34.1 Å². The first-order chi connectivity index (χ1) is 36.6. The van der Waals surface area contributed by atoms with Crippen molar-refractivity contribution in [1.82, 2.24) is 23.1 Å². The maximum absolute atomic E-state index is 7.11. The Morgan fingerprint density at radius 3 is 1.71 bits per heavy atom. The lowest BCUT2D eigenvalue weighted by molar-refractivity contribution is 0.187. The van der Waals surface area contributed by atoms with Gasteiger partial charge in [-0.15, -0.1) is 0 Å². The highest BCUT2D eigenvalue weighted by molar-refractivity contribution is 6.16. The molecule has 2 bridgehead atoms. The molecule has 6 heteroatoms. The molecule has 0 N–H and O–H groups in total. The first-order valence-electron chi connectivity index (χ1n) is 27.5. The smallest absolute Gasteiger partial charge is 0.188 e. The summed E-state index contributed by atoms with van der Waals surface area (Å²) in [7, 11) is 0. The number of quaternary nitrogens is 2. The zero-order chi connectivity index (χ0) is 53.6. The summed E-state index contributed by atoms with van der Waals surface area (Å²) in [4.78, 5) is 5.10. The van der Waals surface area contributed by atoms with Gasteiger partial charge in [0.25, 0.3) is 0 Å². The van der Waals surface area contributed by atoms with Crippen molar-refractivity contribution in [1.29, 1.82) is 0 Å². The molecule has 3 aromatic heterocycles. The van der Waals surface area contributed by atoms with Gasteiger partial charge < -0.3 is 9.30 Å². The molecule has 1 fully saturated rings. The molecule has 0 amide bonds. The molecule has 2 atom stereocenters. The zero-order valence-corrected chi connectivity index (χ0v) is 46.8. The van der Waals surface area contributed by atoms with Crippen LogP contribution in [0.4, 0.5) is 22.7 Å². The Bertz CT molecular complexity index is 4110. The van der Waals surface area contributed by atoms with Crippen LogP contribution in [0.3, 0.4) is 0 Å². The van der Waals surface area contributed by atoms with Crippen LogP contribution in [-0.4, -0.2) is 20.8 Å². The lowest BCUT2D eigenvalue weighted by atomic mass is 9.80. The van der Waals surface area contributed by atoms with Crippen LogP contribution >= 0.6 is 0 Å². The number of pyridine rings is 1. The predicted molar refractivity (Wildman–Crippen MR) is 325 cm³/mol. The lowest BCUT2D eigenvalue weighted by Crippen LogP contribution is -2.67. The molecule has 6 heterocycles. The highest BCUT2D eigenvalue weighted by Crippen LogP contribution is 2.68. The van der Waals surface area contributed by atoms with Gasteiger partial charge in [0.2, 0.25) is 0 Å². The Labute approximate surface area is 454 Å². The topological polar surface area (TPSA) is 32.0 Å². The van der Waals surface area contributed by atoms with Gasteiger partial charge >= 0.3 is 0 Å². The van der Waals surface area contributed by atoms with Crippen LogP contribution < -0.4 is 13.7 Å². The van der Waals surface area contributed by atoms with Gasteiger partial charge in [0.1, 0.15) is 28.7 Å². The second-order valence-electron chi connectivity index (χ2n) is 26.1. The number of benzene rings is 8. The van der Waals surface area contributed by atoms with E-state index in [4.69, 9.17) is 9.72 Å². The molecule has 0 radical (unpaired) electrons. The van der Waals surface area contributed by atoms with E-state index in [9.17, 15) is 0 Å². The molecule has 384 valence electrons. The summed E-state index contributed by atoms with van der Waals surface area (Å²) in [6.07, 6.45) is 1.96. The Balaban J connectivity index is 0.961. The van der Waals surface area contributed by atoms with E-state index in [2.05, 4.69) is 281 Å². The second-order valence-corrected chi connectivity index (χ2v) is 26.1. The quantitative estimate of drug-likeness (QED) is 0.118. The van der Waals surface area contributed by atoms with Crippen molar-refractivity contribution in [2.45, 2.75) is 105 Å². The van der Waals surface area contributed by atoms with Crippen LogP contribution in [0, 0.1) is 6.67 Å². The molecule has 6 nitrogen and oxygen atoms in total. The van der Waals surface area contributed by atoms with Gasteiger partial charge in [-0.25, -0.2) is 4.98 Å². The molecule has 77 heavy (non-hydrogen) atoms. The number of hydrogen-bond acceptors (Lipinski definition) is 2. The average molecular weight is 1010 g/mol. The van der Waals surface area contributed by atoms with Crippen molar-refractivity contribution in [2.75, 3.05) is 6.67 Å². The van der Waals surface area contributed by atoms with Crippen LogP contribution in [0.2, 0.25) is 0 Å². The molecule has 3 aliphatic heterocycles. The largest absolute Gasteiger partial charge is 0.457 e. The van der Waals surface area contributed by atoms with E-state index < -0.39 is 0 Å². The van der Waals surface area contributed by atoms with E-state index >= 15 is 0 Å². The number of nitrogens with zero attached hydrogens (tertiary/aromatic N) is 5. The Morgan fingerprint density at radius 1 is 0.442 bits per heavy atom. The van der Waals surface area contributed by atoms with E-state index in [-0.39, 0.29) is 21.7 Å². The average Bonchev–Trinajstić information content (AvgIpc) is 2.86. The fraction of sp³-hybridized carbons (Fsp3) is 0.239. The van der Waals surface area contributed by atoms with Crippen LogP contribution in [0.5, 0.6) is 11.5 Å². The number of para-hydroxylation sites is 3. The van der Waals surface area contributed by atoms with E-state index in [1.165, 1.54) is 77.9 Å². The monoisotopic (exact) mass is 1010 g/mol. The van der Waals surface area contributed by atoms with Gasteiger partial charge in [-0.3, -0.25) is 13.5 Å². The molecule has 0 unspecified atom stereocenters. The first-order valence-corrected chi connectivity index (χ1v) is 27.5. The summed E-state index contributed by atoms with van der Waals surface area (Å²) in [5.74, 6) is 2.43. The van der Waals surface area contributed by atoms with Crippen molar-refractivity contribution in [3.63, 3.8) is 0 Å². The summed E-state index contributed by atoms with van der Waals surface area (Å²) in [6, 6.07) is 67.7. The maximum Gasteiger partial charge on any atom is 0.188 e. The van der Waals surface area contributed by atoms with Gasteiger partial charge in [0.15, 0.2) is 18.0 Å². The van der Waals surface area contributed by atoms with Crippen molar-refractivity contribution < 1.29 is 4.74 Å². The molecule has 14 rings (SSSR count). The number of fused-ring (bicyclic) bond motifs is 6. The molecule has 11 aromatic rings. The summed E-state index contributed by atoms with van der Waals surface area (Å²) in [5, 5.41) is 4.77. The molecular formula is C71H70N5O+.